The van der Waals surface area contributed by atoms with Gasteiger partial charge in [-0.1, -0.05) is 5.21 Å². The number of ether oxygens (including phenoxy) is 5. The second kappa shape index (κ2) is 24.6. The number of phenolic OH excluding ortho intramolecular Hbond substituents is 1. The van der Waals surface area contributed by atoms with Crippen LogP contribution < -0.4 is 22.7 Å². The molecule has 0 bridgehead atoms. The van der Waals surface area contributed by atoms with Gasteiger partial charge >= 0.3 is 10.4 Å². The van der Waals surface area contributed by atoms with E-state index >= 15 is 0 Å². The van der Waals surface area contributed by atoms with E-state index in [1.807, 2.05) is 0 Å². The third-order valence-corrected chi connectivity index (χ3v) is 14.9. The van der Waals surface area contributed by atoms with Crippen LogP contribution in [-0.4, -0.2) is 197 Å². The number of benzene rings is 4. The van der Waals surface area contributed by atoms with Gasteiger partial charge in [0.15, 0.2) is 23.0 Å². The van der Waals surface area contributed by atoms with Gasteiger partial charge in [-0.3, -0.25) is 28.9 Å². The molecule has 4 aromatic carbocycles. The number of aromatic amines is 1. The molecule has 0 aliphatic carbocycles. The fourth-order valence-corrected chi connectivity index (χ4v) is 10.5. The van der Waals surface area contributed by atoms with Gasteiger partial charge in [-0.05, 0) is 72.5 Å². The van der Waals surface area contributed by atoms with Crippen LogP contribution in [0, 0.1) is 0 Å². The summed E-state index contributed by atoms with van der Waals surface area (Å²) >= 11 is 6.56. The van der Waals surface area contributed by atoms with Crippen molar-refractivity contribution in [3.05, 3.63) is 107 Å². The number of aliphatic hydroxyl groups excluding tert-OH is 4. The number of anilines is 1. The van der Waals surface area contributed by atoms with Gasteiger partial charge in [0, 0.05) is 79.1 Å². The molecule has 6 N–H and O–H groups in total. The SMILES string of the molecule is COc1ccc2c(OS(=O)(=O)Oc3cc(C(=O)N(C)CCOCCn4cc(CCOCCN5C(=O)C=CC5=O)nn4)ccc3O[C@@H]3O[C@H](CO)[C@H](O)[C@H](O)[C@H]3O)cc3c(c2c1)[C@H](CCl)CN3C(=O)c1cc2ccc(O)c(C(C)=O)c2[nH]1. The Labute approximate surface area is 466 Å². The zero-order chi connectivity index (χ0) is 57.9. The summed E-state index contributed by atoms with van der Waals surface area (Å²) in [5.41, 5.74) is 1.51. The number of carbonyl (C=O) groups excluding carboxylic acids is 5. The minimum absolute atomic E-state index is 0.0157. The van der Waals surface area contributed by atoms with Crippen LogP contribution in [0.15, 0.2) is 79.0 Å². The molecule has 430 valence electrons. The molecule has 2 aromatic heterocycles. The van der Waals surface area contributed by atoms with E-state index in [2.05, 4.69) is 15.3 Å². The molecule has 1 fully saturated rings. The highest BCUT2D eigenvalue weighted by molar-refractivity contribution is 7.82. The average molecular weight is 1160 g/mol. The van der Waals surface area contributed by atoms with E-state index < -0.39 is 82.7 Å². The number of halogens is 1. The number of amides is 4. The number of methoxy groups -OCH3 is 1. The molecular weight excluding hydrogens is 1110 g/mol. The van der Waals surface area contributed by atoms with Gasteiger partial charge in [0.05, 0.1) is 75.7 Å². The first-order valence-electron chi connectivity index (χ1n) is 25.3. The first-order valence-corrected chi connectivity index (χ1v) is 27.1. The summed E-state index contributed by atoms with van der Waals surface area (Å²) in [5.74, 6) is -4.31. The molecule has 0 radical (unpaired) electrons. The quantitative estimate of drug-likeness (QED) is 0.0218. The van der Waals surface area contributed by atoms with Crippen LogP contribution >= 0.6 is 11.6 Å². The van der Waals surface area contributed by atoms with Crippen molar-refractivity contribution in [2.45, 2.75) is 56.5 Å². The number of carbonyl (C=O) groups is 5. The largest absolute Gasteiger partial charge is 0.507 e. The fraction of sp³-hybridized carbons (Fsp3) is 0.377. The second-order valence-electron chi connectivity index (χ2n) is 19.0. The van der Waals surface area contributed by atoms with E-state index in [0.29, 0.717) is 40.7 Å². The number of likely N-dealkylation sites (N-methyl/N-ethyl adjacent to an activating group) is 1. The Morgan fingerprint density at radius 1 is 0.877 bits per heavy atom. The lowest BCUT2D eigenvalue weighted by Gasteiger charge is -2.39. The monoisotopic (exact) mass is 1160 g/mol. The number of nitrogens with zero attached hydrogens (tertiary/aromatic N) is 6. The van der Waals surface area contributed by atoms with Crippen LogP contribution in [-0.2, 0) is 47.2 Å². The molecule has 5 heterocycles. The third kappa shape index (κ3) is 12.5. The number of ketones is 1. The number of Topliss-reactive ketones (excluding diaryl/α,β-unsaturated/α-hetero) is 1. The maximum absolute atomic E-state index is 14.5. The summed E-state index contributed by atoms with van der Waals surface area (Å²) in [6.07, 6.45) is -4.28. The number of nitrogens with one attached hydrogen (secondary N) is 1. The number of alkyl halides is 1. The van der Waals surface area contributed by atoms with Crippen LogP contribution in [0.4, 0.5) is 5.69 Å². The van der Waals surface area contributed by atoms with E-state index in [1.54, 1.807) is 23.0 Å². The topological polar surface area (TPSA) is 341 Å². The van der Waals surface area contributed by atoms with Gasteiger partial charge in [0.1, 0.15) is 41.6 Å². The van der Waals surface area contributed by atoms with Crippen LogP contribution in [0.3, 0.4) is 0 Å². The van der Waals surface area contributed by atoms with Crippen LogP contribution in [0.25, 0.3) is 21.7 Å². The molecule has 26 nitrogen and oxygen atoms in total. The van der Waals surface area contributed by atoms with Crippen LogP contribution in [0.5, 0.6) is 28.7 Å². The van der Waals surface area contributed by atoms with Crippen LogP contribution in [0.2, 0.25) is 0 Å². The van der Waals surface area contributed by atoms with E-state index in [-0.39, 0.29) is 109 Å². The Balaban J connectivity index is 0.921. The highest BCUT2D eigenvalue weighted by Gasteiger charge is 2.45. The summed E-state index contributed by atoms with van der Waals surface area (Å²) in [5, 5.41) is 61.4. The first-order chi connectivity index (χ1) is 38.8. The summed E-state index contributed by atoms with van der Waals surface area (Å²) < 4.78 is 69.8. The van der Waals surface area contributed by atoms with Crippen molar-refractivity contribution in [1.29, 1.82) is 0 Å². The number of imide groups is 1. The molecule has 3 aliphatic rings. The van der Waals surface area contributed by atoms with Crippen molar-refractivity contribution in [2.24, 2.45) is 0 Å². The Bertz CT molecular complexity index is 3520. The van der Waals surface area contributed by atoms with Gasteiger partial charge in [-0.2, -0.15) is 0 Å². The van der Waals surface area contributed by atoms with Gasteiger partial charge in [0.25, 0.3) is 23.6 Å². The summed E-state index contributed by atoms with van der Waals surface area (Å²) in [4.78, 5) is 71.1. The van der Waals surface area contributed by atoms with E-state index in [0.717, 1.165) is 17.0 Å². The molecule has 0 spiro atoms. The highest BCUT2D eigenvalue weighted by Crippen LogP contribution is 2.48. The molecule has 6 aromatic rings. The number of aromatic hydroxyl groups is 1. The van der Waals surface area contributed by atoms with Crippen LogP contribution in [0.1, 0.15) is 55.3 Å². The number of H-pyrrole nitrogens is 1. The summed E-state index contributed by atoms with van der Waals surface area (Å²) in [6, 6.07) is 13.8. The Kier molecular flexibility index (Phi) is 17.6. The maximum Gasteiger partial charge on any atom is 0.501 e. The number of rotatable bonds is 24. The molecule has 3 aliphatic heterocycles. The lowest BCUT2D eigenvalue weighted by molar-refractivity contribution is -0.277. The molecule has 0 unspecified atom stereocenters. The zero-order valence-corrected chi connectivity index (χ0v) is 45.2. The van der Waals surface area contributed by atoms with Crippen molar-refractivity contribution in [1.82, 2.24) is 29.8 Å². The van der Waals surface area contributed by atoms with Gasteiger partial charge in [-0.15, -0.1) is 25.1 Å². The minimum Gasteiger partial charge on any atom is -0.507 e. The number of phenols is 1. The van der Waals surface area contributed by atoms with E-state index in [4.69, 9.17) is 43.7 Å². The molecule has 81 heavy (non-hydrogen) atoms. The number of aliphatic hydroxyl groups is 4. The first kappa shape index (κ1) is 57.9. The maximum atomic E-state index is 14.5. The predicted molar refractivity (Wildman–Crippen MR) is 285 cm³/mol. The molecule has 1 saturated heterocycles. The van der Waals surface area contributed by atoms with Gasteiger partial charge in [-0.25, -0.2) is 4.68 Å². The standard InChI is InChI=1S/C53H56ClN7O19S/c1-28(63)45-38(64)8-4-29-20-36(55-47(29)45)52(71)61-25-31(24-54)46-35-22-33(74-3)6-7-34(35)40(23-37(46)61)79-81(72,73)80-41-21-30(5-9-39(41)77-53-50(69)49(68)48(67)42(27-62)78-53)51(70)58(2)13-17-76-18-14-59-26-32(56-57-59)12-16-75-19-15-60-43(65)10-11-44(60)66/h4-11,20-23,26,31,42,48-50,53,55,62,64,67-69H,12-19,24-25,27H2,1-3H3/t31-,42-,48+,49+,50-,53-/m1/s1. The third-order valence-electron chi connectivity index (χ3n) is 13.7. The average Bonchev–Trinajstić information content (AvgIpc) is 4.48. The Hall–Kier alpha value is -7.73. The molecule has 9 rings (SSSR count). The molecule has 4 amide bonds. The second-order valence-corrected chi connectivity index (χ2v) is 20.5. The fourth-order valence-electron chi connectivity index (χ4n) is 9.52. The van der Waals surface area contributed by atoms with Gasteiger partial charge in [0.2, 0.25) is 6.29 Å². The van der Waals surface area contributed by atoms with E-state index in [1.165, 1.54) is 79.4 Å². The number of hydrogen-bond acceptors (Lipinski definition) is 21. The predicted octanol–water partition coefficient (Wildman–Crippen LogP) is 1.97. The number of aromatic nitrogens is 4. The molecule has 28 heteroatoms. The van der Waals surface area contributed by atoms with Gasteiger partial charge < -0.3 is 72.4 Å². The van der Waals surface area contributed by atoms with Crippen molar-refractivity contribution in [2.75, 3.05) is 77.6 Å². The smallest absolute Gasteiger partial charge is 0.501 e. The number of hydrogen-bond donors (Lipinski definition) is 6. The minimum atomic E-state index is -5.31. The summed E-state index contributed by atoms with van der Waals surface area (Å²) in [6.45, 7) is 1.67. The van der Waals surface area contributed by atoms with Crippen molar-refractivity contribution in [3.63, 3.8) is 0 Å². The molecule has 6 atom stereocenters. The highest BCUT2D eigenvalue weighted by atomic mass is 35.5. The normalized spacial score (nSPS) is 19.9. The van der Waals surface area contributed by atoms with E-state index in [9.17, 15) is 57.9 Å². The lowest BCUT2D eigenvalue weighted by atomic mass is 9.95. The number of fused-ring (bicyclic) bond motifs is 4. The molecular formula is C53H56ClN7O19S. The molecule has 0 saturated carbocycles. The van der Waals surface area contributed by atoms with Crippen molar-refractivity contribution < 1.29 is 90.0 Å². The summed E-state index contributed by atoms with van der Waals surface area (Å²) in [7, 11) is -2.41. The Morgan fingerprint density at radius 2 is 1.62 bits per heavy atom. The lowest BCUT2D eigenvalue weighted by Crippen LogP contribution is -2.60. The van der Waals surface area contributed by atoms with Crippen molar-refractivity contribution in [3.8, 4) is 28.7 Å². The van der Waals surface area contributed by atoms with Crippen molar-refractivity contribution >= 4 is 78.8 Å². The zero-order valence-electron chi connectivity index (χ0n) is 43.7. The Morgan fingerprint density at radius 3 is 2.35 bits per heavy atom.